The third-order valence-electron chi connectivity index (χ3n) is 3.49. The maximum Gasteiger partial charge on any atom is 0.407 e. The third kappa shape index (κ3) is 4.01. The highest BCUT2D eigenvalue weighted by Crippen LogP contribution is 2.12. The van der Waals surface area contributed by atoms with Crippen LogP contribution in [0.3, 0.4) is 0 Å². The van der Waals surface area contributed by atoms with Crippen LogP contribution in [0.5, 0.6) is 0 Å². The fourth-order valence-electron chi connectivity index (χ4n) is 2.34. The Kier molecular flexibility index (Phi) is 4.74. The van der Waals surface area contributed by atoms with Gasteiger partial charge in [0.25, 0.3) is 0 Å². The van der Waals surface area contributed by atoms with Crippen molar-refractivity contribution in [1.82, 2.24) is 9.88 Å². The molecule has 0 aliphatic heterocycles. The molecule has 4 nitrogen and oxygen atoms in total. The molecule has 3 aromatic rings. The minimum absolute atomic E-state index is 0.270. The van der Waals surface area contributed by atoms with Gasteiger partial charge in [0.2, 0.25) is 0 Å². The van der Waals surface area contributed by atoms with Gasteiger partial charge < -0.3 is 14.6 Å². The fourth-order valence-corrected chi connectivity index (χ4v) is 2.34. The van der Waals surface area contributed by atoms with Gasteiger partial charge in [0.05, 0.1) is 6.54 Å². The number of benzene rings is 2. The van der Waals surface area contributed by atoms with Crippen molar-refractivity contribution in [3.63, 3.8) is 0 Å². The van der Waals surface area contributed by atoms with Crippen molar-refractivity contribution in [3.05, 3.63) is 90.3 Å². The number of hydrogen-bond donors (Lipinski definition) is 1. The standard InChI is InChI=1S/C19H18N2O2/c22-19(23-15-16-8-3-1-4-9-16)20-14-18-12-7-13-21(18)17-10-5-2-6-11-17/h1-13H,14-15H2,(H,20,22). The van der Waals surface area contributed by atoms with Crippen molar-refractivity contribution < 1.29 is 9.53 Å². The fraction of sp³-hybridized carbons (Fsp3) is 0.105. The Bertz CT molecular complexity index is 751. The molecule has 4 heteroatoms. The van der Waals surface area contributed by atoms with E-state index in [0.29, 0.717) is 6.54 Å². The zero-order valence-corrected chi connectivity index (χ0v) is 12.7. The van der Waals surface area contributed by atoms with E-state index in [1.807, 2.05) is 83.6 Å². The molecular formula is C19H18N2O2. The van der Waals surface area contributed by atoms with Crippen molar-refractivity contribution in [2.24, 2.45) is 0 Å². The zero-order chi connectivity index (χ0) is 15.9. The summed E-state index contributed by atoms with van der Waals surface area (Å²) in [4.78, 5) is 11.8. The van der Waals surface area contributed by atoms with E-state index in [2.05, 4.69) is 5.32 Å². The summed E-state index contributed by atoms with van der Waals surface area (Å²) in [6, 6.07) is 23.6. The number of aromatic nitrogens is 1. The SMILES string of the molecule is O=C(NCc1cccn1-c1ccccc1)OCc1ccccc1. The van der Waals surface area contributed by atoms with Crippen LogP contribution >= 0.6 is 0 Å². The van der Waals surface area contributed by atoms with Gasteiger partial charge >= 0.3 is 6.09 Å². The summed E-state index contributed by atoms with van der Waals surface area (Å²) < 4.78 is 7.25. The molecule has 0 atom stereocenters. The van der Waals surface area contributed by atoms with E-state index in [0.717, 1.165) is 16.9 Å². The lowest BCUT2D eigenvalue weighted by Gasteiger charge is -2.11. The highest BCUT2D eigenvalue weighted by molar-refractivity contribution is 5.67. The maximum atomic E-state index is 11.8. The van der Waals surface area contributed by atoms with Gasteiger partial charge in [-0.3, -0.25) is 0 Å². The number of carbonyl (C=O) groups excluding carboxylic acids is 1. The first kappa shape index (κ1) is 14.9. The van der Waals surface area contributed by atoms with E-state index in [9.17, 15) is 4.79 Å². The van der Waals surface area contributed by atoms with Crippen molar-refractivity contribution in [3.8, 4) is 5.69 Å². The molecule has 1 heterocycles. The van der Waals surface area contributed by atoms with Crippen LogP contribution in [-0.4, -0.2) is 10.7 Å². The van der Waals surface area contributed by atoms with Crippen molar-refractivity contribution >= 4 is 6.09 Å². The number of para-hydroxylation sites is 1. The summed E-state index contributed by atoms with van der Waals surface area (Å²) in [6.07, 6.45) is 1.55. The second-order valence-electron chi connectivity index (χ2n) is 5.12. The van der Waals surface area contributed by atoms with E-state index in [1.54, 1.807) is 0 Å². The van der Waals surface area contributed by atoms with Crippen molar-refractivity contribution in [2.45, 2.75) is 13.2 Å². The van der Waals surface area contributed by atoms with Crippen LogP contribution in [0.2, 0.25) is 0 Å². The number of ether oxygens (including phenoxy) is 1. The molecule has 1 amide bonds. The number of hydrogen-bond acceptors (Lipinski definition) is 2. The molecule has 1 aromatic heterocycles. The van der Waals surface area contributed by atoms with E-state index in [1.165, 1.54) is 0 Å². The van der Waals surface area contributed by atoms with Crippen LogP contribution in [0, 0.1) is 0 Å². The molecule has 0 bridgehead atoms. The van der Waals surface area contributed by atoms with Gasteiger partial charge in [0.1, 0.15) is 6.61 Å². The van der Waals surface area contributed by atoms with E-state index < -0.39 is 6.09 Å². The molecule has 2 aromatic carbocycles. The number of nitrogens with one attached hydrogen (secondary N) is 1. The molecule has 0 spiro atoms. The normalized spacial score (nSPS) is 10.3. The molecule has 23 heavy (non-hydrogen) atoms. The largest absolute Gasteiger partial charge is 0.445 e. The van der Waals surface area contributed by atoms with E-state index in [-0.39, 0.29) is 6.61 Å². The van der Waals surface area contributed by atoms with E-state index >= 15 is 0 Å². The molecule has 3 rings (SSSR count). The molecule has 0 unspecified atom stereocenters. The minimum atomic E-state index is -0.422. The van der Waals surface area contributed by atoms with Gasteiger partial charge in [-0.25, -0.2) is 4.79 Å². The van der Waals surface area contributed by atoms with Gasteiger partial charge in [-0.15, -0.1) is 0 Å². The highest BCUT2D eigenvalue weighted by Gasteiger charge is 2.06. The van der Waals surface area contributed by atoms with Gasteiger partial charge in [-0.2, -0.15) is 0 Å². The summed E-state index contributed by atoms with van der Waals surface area (Å²) in [5.74, 6) is 0. The van der Waals surface area contributed by atoms with Gasteiger partial charge in [0.15, 0.2) is 0 Å². The Balaban J connectivity index is 1.55. The Morgan fingerprint density at radius 3 is 2.35 bits per heavy atom. The predicted molar refractivity (Wildman–Crippen MR) is 89.2 cm³/mol. The molecule has 0 aliphatic rings. The smallest absolute Gasteiger partial charge is 0.407 e. The number of carbonyl (C=O) groups is 1. The molecule has 116 valence electrons. The number of alkyl carbamates (subject to hydrolysis) is 1. The zero-order valence-electron chi connectivity index (χ0n) is 12.7. The highest BCUT2D eigenvalue weighted by atomic mass is 16.5. The Morgan fingerprint density at radius 2 is 1.61 bits per heavy atom. The van der Waals surface area contributed by atoms with Gasteiger partial charge in [0, 0.05) is 17.6 Å². The summed E-state index contributed by atoms with van der Waals surface area (Å²) in [6.45, 7) is 0.682. The molecular weight excluding hydrogens is 288 g/mol. The number of amides is 1. The quantitative estimate of drug-likeness (QED) is 0.777. The van der Waals surface area contributed by atoms with Crippen LogP contribution in [0.4, 0.5) is 4.79 Å². The Morgan fingerprint density at radius 1 is 0.913 bits per heavy atom. The molecule has 1 N–H and O–H groups in total. The van der Waals surface area contributed by atoms with E-state index in [4.69, 9.17) is 4.74 Å². The summed E-state index contributed by atoms with van der Waals surface area (Å²) in [5, 5.41) is 2.78. The topological polar surface area (TPSA) is 43.3 Å². The molecule has 0 radical (unpaired) electrons. The average molecular weight is 306 g/mol. The lowest BCUT2D eigenvalue weighted by molar-refractivity contribution is 0.139. The van der Waals surface area contributed by atoms with Crippen LogP contribution in [0.25, 0.3) is 5.69 Å². The number of nitrogens with zero attached hydrogens (tertiary/aromatic N) is 1. The summed E-state index contributed by atoms with van der Waals surface area (Å²) in [5.41, 5.74) is 3.02. The monoisotopic (exact) mass is 306 g/mol. The van der Waals surface area contributed by atoms with Crippen molar-refractivity contribution in [2.75, 3.05) is 0 Å². The average Bonchev–Trinajstić information content (AvgIpc) is 3.08. The van der Waals surface area contributed by atoms with Crippen LogP contribution in [0.1, 0.15) is 11.3 Å². The van der Waals surface area contributed by atoms with Crippen LogP contribution < -0.4 is 5.32 Å². The Labute approximate surface area is 135 Å². The minimum Gasteiger partial charge on any atom is -0.445 e. The second-order valence-corrected chi connectivity index (χ2v) is 5.12. The summed E-state index contributed by atoms with van der Waals surface area (Å²) in [7, 11) is 0. The Hall–Kier alpha value is -3.01. The van der Waals surface area contributed by atoms with Crippen LogP contribution in [0.15, 0.2) is 79.0 Å². The summed E-state index contributed by atoms with van der Waals surface area (Å²) >= 11 is 0. The third-order valence-corrected chi connectivity index (χ3v) is 3.49. The van der Waals surface area contributed by atoms with Gasteiger partial charge in [-0.05, 0) is 29.8 Å². The number of rotatable bonds is 5. The molecule has 0 saturated heterocycles. The second kappa shape index (κ2) is 7.31. The first-order chi connectivity index (χ1) is 11.3. The lowest BCUT2D eigenvalue weighted by Crippen LogP contribution is -2.24. The first-order valence-corrected chi connectivity index (χ1v) is 7.49. The predicted octanol–water partition coefficient (Wildman–Crippen LogP) is 3.90. The van der Waals surface area contributed by atoms with Gasteiger partial charge in [-0.1, -0.05) is 48.5 Å². The maximum absolute atomic E-state index is 11.8. The lowest BCUT2D eigenvalue weighted by atomic mass is 10.2. The first-order valence-electron chi connectivity index (χ1n) is 7.49. The van der Waals surface area contributed by atoms with Crippen molar-refractivity contribution in [1.29, 1.82) is 0 Å². The molecule has 0 aliphatic carbocycles. The molecule has 0 saturated carbocycles. The molecule has 0 fully saturated rings. The van der Waals surface area contributed by atoms with Crippen LogP contribution in [-0.2, 0) is 17.9 Å².